The molecule has 1 aromatic rings. The van der Waals surface area contributed by atoms with Crippen molar-refractivity contribution < 1.29 is 0 Å². The highest BCUT2D eigenvalue weighted by Gasteiger charge is 2.17. The van der Waals surface area contributed by atoms with E-state index in [0.717, 1.165) is 25.3 Å². The summed E-state index contributed by atoms with van der Waals surface area (Å²) in [5, 5.41) is 7.68. The fourth-order valence-electron chi connectivity index (χ4n) is 1.71. The lowest BCUT2D eigenvalue weighted by Crippen LogP contribution is -2.13. The molecule has 0 radical (unpaired) electrons. The minimum atomic E-state index is 0.350. The van der Waals surface area contributed by atoms with Crippen molar-refractivity contribution in [1.82, 2.24) is 20.1 Å². The quantitative estimate of drug-likeness (QED) is 0.761. The molecule has 1 aliphatic heterocycles. The van der Waals surface area contributed by atoms with Gasteiger partial charge in [-0.2, -0.15) is 0 Å². The van der Waals surface area contributed by atoms with Crippen LogP contribution in [0.5, 0.6) is 0 Å². The summed E-state index contributed by atoms with van der Waals surface area (Å²) in [6, 6.07) is 0. The first-order valence-corrected chi connectivity index (χ1v) is 4.89. The Morgan fingerprint density at radius 2 is 2.54 bits per heavy atom. The second-order valence-corrected chi connectivity index (χ2v) is 3.82. The lowest BCUT2D eigenvalue weighted by molar-refractivity contribution is 0.539. The fourth-order valence-corrected chi connectivity index (χ4v) is 1.92. The second-order valence-electron chi connectivity index (χ2n) is 3.48. The van der Waals surface area contributed by atoms with E-state index in [-0.39, 0.29) is 0 Å². The van der Waals surface area contributed by atoms with Crippen LogP contribution in [-0.2, 0) is 13.5 Å². The van der Waals surface area contributed by atoms with E-state index >= 15 is 0 Å². The highest BCUT2D eigenvalue weighted by atomic mass is 35.5. The van der Waals surface area contributed by atoms with Gasteiger partial charge in [-0.25, -0.2) is 4.98 Å². The average molecular weight is 201 g/mol. The molecule has 2 rings (SSSR count). The summed E-state index contributed by atoms with van der Waals surface area (Å²) < 4.78 is 1.76. The molecule has 1 aliphatic rings. The number of nitrogens with zero attached hydrogens (tertiary/aromatic N) is 3. The smallest absolute Gasteiger partial charge is 0.242 e. The van der Waals surface area contributed by atoms with Gasteiger partial charge in [-0.1, -0.05) is 0 Å². The summed E-state index contributed by atoms with van der Waals surface area (Å²) in [5.74, 6) is 1.68. The first kappa shape index (κ1) is 8.97. The molecule has 0 aliphatic carbocycles. The van der Waals surface area contributed by atoms with Crippen molar-refractivity contribution in [3.8, 4) is 0 Å². The predicted octanol–water partition coefficient (Wildman–Crippen LogP) is 0.620. The van der Waals surface area contributed by atoms with E-state index in [2.05, 4.69) is 15.4 Å². The highest BCUT2D eigenvalue weighted by molar-refractivity contribution is 6.28. The van der Waals surface area contributed by atoms with E-state index in [0.29, 0.717) is 11.2 Å². The van der Waals surface area contributed by atoms with Crippen molar-refractivity contribution in [2.45, 2.75) is 12.8 Å². The van der Waals surface area contributed by atoms with Gasteiger partial charge in [-0.3, -0.25) is 4.68 Å². The van der Waals surface area contributed by atoms with E-state index in [1.165, 1.54) is 6.42 Å². The van der Waals surface area contributed by atoms with Crippen LogP contribution < -0.4 is 5.32 Å². The van der Waals surface area contributed by atoms with Gasteiger partial charge in [0.2, 0.25) is 5.28 Å². The lowest BCUT2D eigenvalue weighted by Gasteiger charge is -2.05. The van der Waals surface area contributed by atoms with Crippen LogP contribution in [0.3, 0.4) is 0 Å². The highest BCUT2D eigenvalue weighted by Crippen LogP contribution is 2.14. The van der Waals surface area contributed by atoms with Crippen LogP contribution in [0.4, 0.5) is 0 Å². The Balaban J connectivity index is 2.03. The zero-order valence-electron chi connectivity index (χ0n) is 7.63. The van der Waals surface area contributed by atoms with Gasteiger partial charge < -0.3 is 5.32 Å². The Hall–Kier alpha value is -0.610. The largest absolute Gasteiger partial charge is 0.316 e. The number of halogens is 1. The minimum absolute atomic E-state index is 0.350. The monoisotopic (exact) mass is 200 g/mol. The van der Waals surface area contributed by atoms with Crippen molar-refractivity contribution in [3.05, 3.63) is 11.1 Å². The molecule has 1 fully saturated rings. The summed E-state index contributed by atoms with van der Waals surface area (Å²) in [5.41, 5.74) is 0. The van der Waals surface area contributed by atoms with E-state index in [1.54, 1.807) is 4.68 Å². The van der Waals surface area contributed by atoms with Crippen LogP contribution in [0.1, 0.15) is 12.2 Å². The third-order valence-electron chi connectivity index (χ3n) is 2.46. The topological polar surface area (TPSA) is 42.7 Å². The third-order valence-corrected chi connectivity index (χ3v) is 2.62. The Bertz CT molecular complexity index is 290. The first-order valence-electron chi connectivity index (χ1n) is 4.52. The van der Waals surface area contributed by atoms with Crippen LogP contribution >= 0.6 is 11.6 Å². The number of aryl methyl sites for hydroxylation is 1. The van der Waals surface area contributed by atoms with Crippen molar-refractivity contribution in [2.24, 2.45) is 13.0 Å². The third kappa shape index (κ3) is 2.00. The van der Waals surface area contributed by atoms with Crippen molar-refractivity contribution in [3.63, 3.8) is 0 Å². The fraction of sp³-hybridized carbons (Fsp3) is 0.750. The number of hydrogen-bond acceptors (Lipinski definition) is 3. The molecule has 1 atom stereocenters. The summed E-state index contributed by atoms with van der Waals surface area (Å²) in [7, 11) is 1.89. The van der Waals surface area contributed by atoms with Gasteiger partial charge in [0.05, 0.1) is 0 Å². The van der Waals surface area contributed by atoms with Crippen LogP contribution in [0.2, 0.25) is 5.28 Å². The number of rotatable bonds is 2. The van der Waals surface area contributed by atoms with E-state index < -0.39 is 0 Å². The zero-order valence-corrected chi connectivity index (χ0v) is 8.38. The van der Waals surface area contributed by atoms with Gasteiger partial charge in [0.1, 0.15) is 5.82 Å². The minimum Gasteiger partial charge on any atom is -0.316 e. The van der Waals surface area contributed by atoms with E-state index in [1.807, 2.05) is 7.05 Å². The lowest BCUT2D eigenvalue weighted by atomic mass is 10.1. The maximum atomic E-state index is 5.69. The molecule has 72 valence electrons. The molecular formula is C8H13ClN4. The van der Waals surface area contributed by atoms with Gasteiger partial charge in [-0.15, -0.1) is 5.10 Å². The van der Waals surface area contributed by atoms with Gasteiger partial charge in [0.15, 0.2) is 0 Å². The van der Waals surface area contributed by atoms with Crippen molar-refractivity contribution >= 4 is 11.6 Å². The molecule has 2 heterocycles. The SMILES string of the molecule is Cn1nc(Cl)nc1CC1CCNC1. The summed E-state index contributed by atoms with van der Waals surface area (Å²) in [6.07, 6.45) is 2.20. The predicted molar refractivity (Wildman–Crippen MR) is 50.7 cm³/mol. The second kappa shape index (κ2) is 3.64. The first-order chi connectivity index (χ1) is 6.25. The molecular weight excluding hydrogens is 188 g/mol. The normalized spacial score (nSPS) is 22.5. The molecule has 0 amide bonds. The molecule has 5 heteroatoms. The van der Waals surface area contributed by atoms with Crippen LogP contribution in [0, 0.1) is 5.92 Å². The molecule has 0 aromatic carbocycles. The molecule has 1 N–H and O–H groups in total. The maximum Gasteiger partial charge on any atom is 0.242 e. The van der Waals surface area contributed by atoms with Crippen LogP contribution in [0.15, 0.2) is 0 Å². The molecule has 1 unspecified atom stereocenters. The number of aromatic nitrogens is 3. The zero-order chi connectivity index (χ0) is 9.26. The summed E-state index contributed by atoms with van der Waals surface area (Å²) >= 11 is 5.69. The standard InChI is InChI=1S/C8H13ClN4/c1-13-7(11-8(9)12-13)4-6-2-3-10-5-6/h6,10H,2-5H2,1H3. The molecule has 1 aromatic heterocycles. The van der Waals surface area contributed by atoms with E-state index in [9.17, 15) is 0 Å². The molecule has 4 nitrogen and oxygen atoms in total. The average Bonchev–Trinajstić information content (AvgIpc) is 2.63. The van der Waals surface area contributed by atoms with E-state index in [4.69, 9.17) is 11.6 Å². The molecule has 13 heavy (non-hydrogen) atoms. The van der Waals surface area contributed by atoms with Gasteiger partial charge in [0.25, 0.3) is 0 Å². The van der Waals surface area contributed by atoms with Crippen molar-refractivity contribution in [2.75, 3.05) is 13.1 Å². The maximum absolute atomic E-state index is 5.69. The van der Waals surface area contributed by atoms with Gasteiger partial charge in [-0.05, 0) is 37.0 Å². The summed E-state index contributed by atoms with van der Waals surface area (Å²) in [4.78, 5) is 4.16. The number of nitrogens with one attached hydrogen (secondary N) is 1. The van der Waals surface area contributed by atoms with Crippen LogP contribution in [0.25, 0.3) is 0 Å². The van der Waals surface area contributed by atoms with Crippen molar-refractivity contribution in [1.29, 1.82) is 0 Å². The Labute approximate surface area is 82.3 Å². The Kier molecular flexibility index (Phi) is 2.51. The molecule has 1 saturated heterocycles. The Morgan fingerprint density at radius 3 is 3.08 bits per heavy atom. The van der Waals surface area contributed by atoms with Crippen LogP contribution in [-0.4, -0.2) is 27.9 Å². The number of hydrogen-bond donors (Lipinski definition) is 1. The Morgan fingerprint density at radius 1 is 1.69 bits per heavy atom. The molecule has 0 saturated carbocycles. The van der Waals surface area contributed by atoms with Gasteiger partial charge >= 0.3 is 0 Å². The summed E-state index contributed by atoms with van der Waals surface area (Å²) in [6.45, 7) is 2.21. The molecule has 0 spiro atoms. The molecule has 0 bridgehead atoms. The van der Waals surface area contributed by atoms with Gasteiger partial charge in [0, 0.05) is 13.5 Å².